The lowest BCUT2D eigenvalue weighted by molar-refractivity contribution is 0.378. The van der Waals surface area contributed by atoms with Crippen molar-refractivity contribution < 1.29 is 4.74 Å². The molecule has 1 aliphatic rings. The van der Waals surface area contributed by atoms with Gasteiger partial charge in [-0.2, -0.15) is 15.0 Å². The third-order valence-electron chi connectivity index (χ3n) is 2.97. The van der Waals surface area contributed by atoms with Crippen LogP contribution in [0.4, 0.5) is 11.9 Å². The van der Waals surface area contributed by atoms with Crippen LogP contribution < -0.4 is 15.0 Å². The Labute approximate surface area is 101 Å². The van der Waals surface area contributed by atoms with Crippen molar-refractivity contribution in [1.82, 2.24) is 15.0 Å². The van der Waals surface area contributed by atoms with Crippen LogP contribution in [0.25, 0.3) is 0 Å². The van der Waals surface area contributed by atoms with E-state index in [1.54, 1.807) is 14.2 Å². The summed E-state index contributed by atoms with van der Waals surface area (Å²) >= 11 is 0. The van der Waals surface area contributed by atoms with Crippen LogP contribution in [0.5, 0.6) is 6.01 Å². The summed E-state index contributed by atoms with van der Waals surface area (Å²) in [6.45, 7) is 6.45. The summed E-state index contributed by atoms with van der Waals surface area (Å²) in [5.74, 6) is 1.23. The molecular formula is C11H19N5O. The molecule has 1 fully saturated rings. The normalized spacial score (nSPS) is 18.2. The maximum absolute atomic E-state index is 5.08. The van der Waals surface area contributed by atoms with Crippen molar-refractivity contribution in [3.05, 3.63) is 0 Å². The quantitative estimate of drug-likeness (QED) is 0.851. The predicted octanol–water partition coefficient (Wildman–Crippen LogP) is 1.16. The van der Waals surface area contributed by atoms with Gasteiger partial charge in [-0.15, -0.1) is 0 Å². The van der Waals surface area contributed by atoms with Crippen LogP contribution in [-0.4, -0.2) is 42.2 Å². The average Bonchev–Trinajstić information content (AvgIpc) is 2.69. The Morgan fingerprint density at radius 1 is 1.29 bits per heavy atom. The van der Waals surface area contributed by atoms with Crippen molar-refractivity contribution in [2.45, 2.75) is 20.3 Å². The summed E-state index contributed by atoms with van der Waals surface area (Å²) in [4.78, 5) is 14.9. The minimum absolute atomic E-state index is 0.319. The zero-order valence-electron chi connectivity index (χ0n) is 10.8. The highest BCUT2D eigenvalue weighted by atomic mass is 16.5. The van der Waals surface area contributed by atoms with Crippen molar-refractivity contribution in [2.24, 2.45) is 5.41 Å². The lowest BCUT2D eigenvalue weighted by Crippen LogP contribution is -2.25. The van der Waals surface area contributed by atoms with Crippen LogP contribution in [0.2, 0.25) is 0 Å². The van der Waals surface area contributed by atoms with E-state index in [9.17, 15) is 0 Å². The van der Waals surface area contributed by atoms with Crippen LogP contribution >= 0.6 is 0 Å². The highest BCUT2D eigenvalue weighted by molar-refractivity contribution is 5.39. The van der Waals surface area contributed by atoms with Crippen LogP contribution in [0.15, 0.2) is 0 Å². The predicted molar refractivity (Wildman–Crippen MR) is 66.5 cm³/mol. The van der Waals surface area contributed by atoms with Gasteiger partial charge in [0.15, 0.2) is 0 Å². The van der Waals surface area contributed by atoms with Gasteiger partial charge < -0.3 is 15.0 Å². The molecule has 0 aromatic carbocycles. The van der Waals surface area contributed by atoms with Crippen LogP contribution in [-0.2, 0) is 0 Å². The van der Waals surface area contributed by atoms with Gasteiger partial charge in [0, 0.05) is 20.1 Å². The number of hydrogen-bond donors (Lipinski definition) is 1. The lowest BCUT2D eigenvalue weighted by Gasteiger charge is -2.20. The fourth-order valence-corrected chi connectivity index (χ4v) is 1.97. The molecule has 1 saturated heterocycles. The van der Waals surface area contributed by atoms with Crippen molar-refractivity contribution in [2.75, 3.05) is 37.5 Å². The van der Waals surface area contributed by atoms with Gasteiger partial charge in [-0.3, -0.25) is 0 Å². The summed E-state index contributed by atoms with van der Waals surface area (Å²) in [6.07, 6.45) is 1.15. The van der Waals surface area contributed by atoms with E-state index < -0.39 is 0 Å². The van der Waals surface area contributed by atoms with E-state index in [-0.39, 0.29) is 0 Å². The molecule has 0 unspecified atom stereocenters. The van der Waals surface area contributed by atoms with E-state index >= 15 is 0 Å². The Balaban J connectivity index is 2.26. The van der Waals surface area contributed by atoms with Crippen molar-refractivity contribution in [1.29, 1.82) is 0 Å². The summed E-state index contributed by atoms with van der Waals surface area (Å²) < 4.78 is 5.08. The van der Waals surface area contributed by atoms with E-state index in [4.69, 9.17) is 4.74 Å². The Bertz CT molecular complexity index is 385. The monoisotopic (exact) mass is 237 g/mol. The maximum atomic E-state index is 5.08. The minimum atomic E-state index is 0.319. The van der Waals surface area contributed by atoms with Crippen LogP contribution in [0, 0.1) is 5.41 Å². The molecule has 17 heavy (non-hydrogen) atoms. The molecule has 0 aliphatic carbocycles. The molecule has 6 nitrogen and oxygen atoms in total. The van der Waals surface area contributed by atoms with Crippen LogP contribution in [0.1, 0.15) is 20.3 Å². The second-order valence-corrected chi connectivity index (χ2v) is 5.03. The van der Waals surface area contributed by atoms with E-state index in [0.29, 0.717) is 23.3 Å². The van der Waals surface area contributed by atoms with Gasteiger partial charge in [-0.1, -0.05) is 13.8 Å². The molecule has 0 bridgehead atoms. The topological polar surface area (TPSA) is 63.2 Å². The Morgan fingerprint density at radius 2 is 2.06 bits per heavy atom. The third kappa shape index (κ3) is 2.57. The van der Waals surface area contributed by atoms with Crippen LogP contribution in [0.3, 0.4) is 0 Å². The van der Waals surface area contributed by atoms with Gasteiger partial charge in [0.1, 0.15) is 0 Å². The first-order valence-corrected chi connectivity index (χ1v) is 5.77. The molecule has 94 valence electrons. The molecule has 1 aromatic heterocycles. The van der Waals surface area contributed by atoms with Gasteiger partial charge in [-0.25, -0.2) is 0 Å². The van der Waals surface area contributed by atoms with Gasteiger partial charge >= 0.3 is 6.01 Å². The smallest absolute Gasteiger partial charge is 0.322 e. The molecule has 2 heterocycles. The number of methoxy groups -OCH3 is 1. The van der Waals surface area contributed by atoms with Crippen molar-refractivity contribution in [3.8, 4) is 6.01 Å². The van der Waals surface area contributed by atoms with E-state index in [0.717, 1.165) is 19.5 Å². The van der Waals surface area contributed by atoms with Gasteiger partial charge in [-0.05, 0) is 11.8 Å². The molecule has 1 aliphatic heterocycles. The Hall–Kier alpha value is -1.59. The Kier molecular flexibility index (Phi) is 3.04. The molecule has 0 atom stereocenters. The highest BCUT2D eigenvalue weighted by Gasteiger charge is 2.31. The summed E-state index contributed by atoms with van der Waals surface area (Å²) in [5, 5.41) is 2.92. The number of nitrogens with zero attached hydrogens (tertiary/aromatic N) is 4. The molecule has 6 heteroatoms. The molecule has 2 rings (SSSR count). The number of ether oxygens (including phenoxy) is 1. The average molecular weight is 237 g/mol. The third-order valence-corrected chi connectivity index (χ3v) is 2.97. The van der Waals surface area contributed by atoms with E-state index in [1.165, 1.54) is 0 Å². The molecule has 0 spiro atoms. The first-order chi connectivity index (χ1) is 8.04. The summed E-state index contributed by atoms with van der Waals surface area (Å²) in [5.41, 5.74) is 0.319. The first kappa shape index (κ1) is 11.9. The van der Waals surface area contributed by atoms with Crippen molar-refractivity contribution >= 4 is 11.9 Å². The van der Waals surface area contributed by atoms with Gasteiger partial charge in [0.2, 0.25) is 11.9 Å². The van der Waals surface area contributed by atoms with Gasteiger partial charge in [0.25, 0.3) is 0 Å². The molecular weight excluding hydrogens is 218 g/mol. The highest BCUT2D eigenvalue weighted by Crippen LogP contribution is 2.31. The molecule has 0 amide bonds. The second-order valence-electron chi connectivity index (χ2n) is 5.03. The zero-order chi connectivity index (χ0) is 12.5. The van der Waals surface area contributed by atoms with E-state index in [2.05, 4.69) is 39.0 Å². The van der Waals surface area contributed by atoms with E-state index in [1.807, 2.05) is 0 Å². The first-order valence-electron chi connectivity index (χ1n) is 5.77. The molecule has 0 saturated carbocycles. The maximum Gasteiger partial charge on any atom is 0.322 e. The van der Waals surface area contributed by atoms with Crippen molar-refractivity contribution in [3.63, 3.8) is 0 Å². The Morgan fingerprint density at radius 3 is 2.59 bits per heavy atom. The molecule has 1 aromatic rings. The summed E-state index contributed by atoms with van der Waals surface area (Å²) in [7, 11) is 3.35. The molecule has 0 radical (unpaired) electrons. The number of aromatic nitrogens is 3. The molecule has 1 N–H and O–H groups in total. The largest absolute Gasteiger partial charge is 0.467 e. The fourth-order valence-electron chi connectivity index (χ4n) is 1.97. The number of nitrogens with one attached hydrogen (secondary N) is 1. The standard InChI is InChI=1S/C11H19N5O/c1-11(2)5-6-16(7-11)9-13-8(12-3)14-10(15-9)17-4/h5-7H2,1-4H3,(H,12,13,14,15). The zero-order valence-corrected chi connectivity index (χ0v) is 10.8. The number of hydrogen-bond acceptors (Lipinski definition) is 6. The summed E-state index contributed by atoms with van der Waals surface area (Å²) in [6, 6.07) is 0.351. The van der Waals surface area contributed by atoms with Gasteiger partial charge in [0.05, 0.1) is 7.11 Å². The SMILES string of the molecule is CNc1nc(OC)nc(N2CCC(C)(C)C2)n1. The minimum Gasteiger partial charge on any atom is -0.467 e. The fraction of sp³-hybridized carbons (Fsp3) is 0.727. The second kappa shape index (κ2) is 4.35. The number of anilines is 2. The number of rotatable bonds is 3. The lowest BCUT2D eigenvalue weighted by atomic mass is 9.93.